The Kier molecular flexibility index (Phi) is 8.52. The Balaban J connectivity index is 1.46. The number of Topliss-reactive ketones (excluding diaryl/α,β-unsaturated/α-hetero) is 1. The Morgan fingerprint density at radius 2 is 1.64 bits per heavy atom. The van der Waals surface area contributed by atoms with Crippen LogP contribution < -0.4 is 4.90 Å². The van der Waals surface area contributed by atoms with E-state index in [2.05, 4.69) is 32.1 Å². The molecule has 1 aromatic heterocycles. The van der Waals surface area contributed by atoms with Crippen molar-refractivity contribution >= 4 is 11.5 Å². The molecular formula is C29H37FN4O2. The zero-order chi connectivity index (χ0) is 25.7. The highest BCUT2D eigenvalue weighted by Crippen LogP contribution is 2.31. The molecule has 36 heavy (non-hydrogen) atoms. The number of rotatable bonds is 10. The summed E-state index contributed by atoms with van der Waals surface area (Å²) in [5, 5.41) is 8.63. The fourth-order valence-electron chi connectivity index (χ4n) is 4.96. The van der Waals surface area contributed by atoms with Gasteiger partial charge in [0.15, 0.2) is 0 Å². The third-order valence-electron chi connectivity index (χ3n) is 7.15. The Morgan fingerprint density at radius 1 is 0.972 bits per heavy atom. The normalized spacial score (nSPS) is 15.6. The van der Waals surface area contributed by atoms with E-state index in [1.807, 2.05) is 58.0 Å². The molecule has 4 rings (SSSR count). The lowest BCUT2D eigenvalue weighted by atomic mass is 9.93. The molecule has 1 fully saturated rings. The highest BCUT2D eigenvalue weighted by molar-refractivity contribution is 5.83. The number of ketones is 1. The number of nitrogens with zero attached hydrogens (tertiary/aromatic N) is 4. The van der Waals surface area contributed by atoms with Crippen molar-refractivity contribution in [3.63, 3.8) is 0 Å². The van der Waals surface area contributed by atoms with Crippen molar-refractivity contribution < 1.29 is 13.6 Å². The van der Waals surface area contributed by atoms with Gasteiger partial charge in [0, 0.05) is 44.4 Å². The third-order valence-corrected chi connectivity index (χ3v) is 7.15. The van der Waals surface area contributed by atoms with Gasteiger partial charge in [-0.15, -0.1) is 10.2 Å². The Morgan fingerprint density at radius 3 is 2.22 bits per heavy atom. The van der Waals surface area contributed by atoms with Gasteiger partial charge in [-0.05, 0) is 36.1 Å². The number of piperazine rings is 1. The molecule has 1 aliphatic rings. The van der Waals surface area contributed by atoms with Crippen molar-refractivity contribution in [3.05, 3.63) is 77.3 Å². The van der Waals surface area contributed by atoms with Crippen LogP contribution in [0.25, 0.3) is 0 Å². The molecule has 0 aliphatic carbocycles. The summed E-state index contributed by atoms with van der Waals surface area (Å²) in [5.41, 5.74) is 2.43. The zero-order valence-corrected chi connectivity index (χ0v) is 21.8. The maximum absolute atomic E-state index is 15.1. The van der Waals surface area contributed by atoms with Gasteiger partial charge in [-0.25, -0.2) is 4.39 Å². The Bertz CT molecular complexity index is 1140. The molecule has 3 aromatic rings. The van der Waals surface area contributed by atoms with Gasteiger partial charge >= 0.3 is 0 Å². The van der Waals surface area contributed by atoms with Crippen LogP contribution in [0.1, 0.15) is 75.4 Å². The molecule has 6 nitrogen and oxygen atoms in total. The number of carbonyl (C=O) groups is 1. The van der Waals surface area contributed by atoms with Crippen LogP contribution in [0.15, 0.2) is 52.9 Å². The Labute approximate surface area is 213 Å². The monoisotopic (exact) mass is 492 g/mol. The first-order valence-electron chi connectivity index (χ1n) is 13.1. The minimum Gasteiger partial charge on any atom is -0.423 e. The van der Waals surface area contributed by atoms with Crippen molar-refractivity contribution in [2.45, 2.75) is 58.9 Å². The average Bonchev–Trinajstić information content (AvgIpc) is 3.36. The topological polar surface area (TPSA) is 62.5 Å². The summed E-state index contributed by atoms with van der Waals surface area (Å²) in [5.74, 6) is 1.36. The molecular weight excluding hydrogens is 455 g/mol. The van der Waals surface area contributed by atoms with E-state index < -0.39 is 0 Å². The van der Waals surface area contributed by atoms with Crippen LogP contribution >= 0.6 is 0 Å². The maximum atomic E-state index is 15.1. The van der Waals surface area contributed by atoms with Crippen LogP contribution in [-0.4, -0.2) is 47.1 Å². The second-order valence-corrected chi connectivity index (χ2v) is 9.91. The lowest BCUT2D eigenvalue weighted by Gasteiger charge is -2.39. The van der Waals surface area contributed by atoms with Gasteiger partial charge < -0.3 is 9.32 Å². The molecule has 0 amide bonds. The highest BCUT2D eigenvalue weighted by Gasteiger charge is 2.31. The summed E-state index contributed by atoms with van der Waals surface area (Å²) in [6, 6.07) is 15.3. The summed E-state index contributed by atoms with van der Waals surface area (Å²) < 4.78 is 21.2. The predicted molar refractivity (Wildman–Crippen MR) is 140 cm³/mol. The molecule has 0 saturated carbocycles. The van der Waals surface area contributed by atoms with Gasteiger partial charge in [0.2, 0.25) is 11.8 Å². The molecule has 0 N–H and O–H groups in total. The summed E-state index contributed by atoms with van der Waals surface area (Å²) in [6.45, 7) is 10.9. The quantitative estimate of drug-likeness (QED) is 0.357. The van der Waals surface area contributed by atoms with E-state index >= 15 is 4.39 Å². The molecule has 2 aromatic carbocycles. The number of anilines is 1. The second kappa shape index (κ2) is 11.8. The van der Waals surface area contributed by atoms with Crippen molar-refractivity contribution in [1.29, 1.82) is 0 Å². The van der Waals surface area contributed by atoms with Crippen LogP contribution in [0.4, 0.5) is 10.1 Å². The van der Waals surface area contributed by atoms with Gasteiger partial charge in [-0.3, -0.25) is 9.69 Å². The van der Waals surface area contributed by atoms with E-state index in [0.717, 1.165) is 37.1 Å². The Hall–Kier alpha value is -3.06. The van der Waals surface area contributed by atoms with Gasteiger partial charge in [0.1, 0.15) is 17.6 Å². The van der Waals surface area contributed by atoms with Crippen LogP contribution in [0.5, 0.6) is 0 Å². The fraction of sp³-hybridized carbons (Fsp3) is 0.483. The lowest BCUT2D eigenvalue weighted by Crippen LogP contribution is -2.48. The molecule has 2 heterocycles. The second-order valence-electron chi connectivity index (χ2n) is 9.91. The van der Waals surface area contributed by atoms with Gasteiger partial charge in [0.05, 0.1) is 5.69 Å². The molecule has 0 spiro atoms. The van der Waals surface area contributed by atoms with E-state index in [1.54, 1.807) is 0 Å². The summed E-state index contributed by atoms with van der Waals surface area (Å²) in [4.78, 5) is 16.9. The molecule has 0 radical (unpaired) electrons. The largest absolute Gasteiger partial charge is 0.423 e. The van der Waals surface area contributed by atoms with Crippen LogP contribution in [-0.2, 0) is 11.2 Å². The number of hydrogen-bond donors (Lipinski definition) is 0. The van der Waals surface area contributed by atoms with Gasteiger partial charge in [0.25, 0.3) is 0 Å². The summed E-state index contributed by atoms with van der Waals surface area (Å²) in [7, 11) is 0. The lowest BCUT2D eigenvalue weighted by molar-refractivity contribution is -0.122. The van der Waals surface area contributed by atoms with Crippen LogP contribution in [0, 0.1) is 11.7 Å². The molecule has 1 unspecified atom stereocenters. The van der Waals surface area contributed by atoms with Crippen molar-refractivity contribution in [2.24, 2.45) is 5.92 Å². The number of aromatic nitrogens is 2. The van der Waals surface area contributed by atoms with Gasteiger partial charge in [-0.2, -0.15) is 0 Å². The molecule has 7 heteroatoms. The van der Waals surface area contributed by atoms with Gasteiger partial charge in [-0.1, -0.05) is 64.1 Å². The van der Waals surface area contributed by atoms with Crippen molar-refractivity contribution in [3.8, 4) is 0 Å². The summed E-state index contributed by atoms with van der Waals surface area (Å²) >= 11 is 0. The predicted octanol–water partition coefficient (Wildman–Crippen LogP) is 5.79. The number of benzene rings is 2. The van der Waals surface area contributed by atoms with Crippen molar-refractivity contribution in [2.75, 3.05) is 31.1 Å². The number of halogens is 1. The molecule has 192 valence electrons. The number of carbonyl (C=O) groups excluding carboxylic acids is 1. The third kappa shape index (κ3) is 5.84. The number of hydrogen-bond acceptors (Lipinski definition) is 6. The van der Waals surface area contributed by atoms with Crippen LogP contribution in [0.2, 0.25) is 0 Å². The summed E-state index contributed by atoms with van der Waals surface area (Å²) in [6.07, 6.45) is 1.94. The van der Waals surface area contributed by atoms with E-state index in [0.29, 0.717) is 37.0 Å². The van der Waals surface area contributed by atoms with E-state index in [1.165, 1.54) is 6.07 Å². The minimum atomic E-state index is -0.267. The molecule has 1 aliphatic heterocycles. The van der Waals surface area contributed by atoms with E-state index in [9.17, 15) is 4.79 Å². The molecule has 0 bridgehead atoms. The maximum Gasteiger partial charge on any atom is 0.238 e. The SMILES string of the molecule is CCC(CC)C(=O)Cc1ccc(N2CCN(C(c3ccccc3)c3nnc(C(C)C)o3)CC2)c(F)c1. The molecule has 1 saturated heterocycles. The first kappa shape index (κ1) is 26.0. The first-order valence-corrected chi connectivity index (χ1v) is 13.1. The van der Waals surface area contributed by atoms with E-state index in [-0.39, 0.29) is 29.5 Å². The van der Waals surface area contributed by atoms with Crippen molar-refractivity contribution in [1.82, 2.24) is 15.1 Å². The standard InChI is InChI=1S/C29H37FN4O2/c1-5-22(6-2)26(35)19-21-12-13-25(24(30)18-21)33-14-16-34(17-15-33)27(23-10-8-7-9-11-23)29-32-31-28(36-29)20(3)4/h7-13,18,20,22,27H,5-6,14-17,19H2,1-4H3. The average molecular weight is 493 g/mol. The minimum absolute atomic E-state index is 0.0499. The van der Waals surface area contributed by atoms with Crippen LogP contribution in [0.3, 0.4) is 0 Å². The zero-order valence-electron chi connectivity index (χ0n) is 21.8. The fourth-order valence-corrected chi connectivity index (χ4v) is 4.96. The smallest absolute Gasteiger partial charge is 0.238 e. The van der Waals surface area contributed by atoms with E-state index in [4.69, 9.17) is 4.42 Å². The highest BCUT2D eigenvalue weighted by atomic mass is 19.1. The molecule has 1 atom stereocenters. The first-order chi connectivity index (χ1) is 17.4.